The Morgan fingerprint density at radius 2 is 1.70 bits per heavy atom. The lowest BCUT2D eigenvalue weighted by Crippen LogP contribution is -2.21. The van der Waals surface area contributed by atoms with Crippen LogP contribution >= 0.6 is 0 Å². The van der Waals surface area contributed by atoms with Gasteiger partial charge in [-0.25, -0.2) is 8.78 Å². The third-order valence-electron chi connectivity index (χ3n) is 5.92. The number of aryl methyl sites for hydroxylation is 1. The van der Waals surface area contributed by atoms with Gasteiger partial charge in [-0.1, -0.05) is 38.0 Å². The van der Waals surface area contributed by atoms with Crippen molar-refractivity contribution < 1.29 is 22.6 Å². The summed E-state index contributed by atoms with van der Waals surface area (Å²) in [6, 6.07) is 8.33. The second-order valence-corrected chi connectivity index (χ2v) is 8.20. The van der Waals surface area contributed by atoms with Crippen LogP contribution in [0.5, 0.6) is 5.75 Å². The lowest BCUT2D eigenvalue weighted by Gasteiger charge is -2.29. The van der Waals surface area contributed by atoms with Crippen LogP contribution in [-0.4, -0.2) is 12.7 Å². The molecule has 0 atom stereocenters. The summed E-state index contributed by atoms with van der Waals surface area (Å²) in [5.74, 6) is -1.93. The molecule has 0 amide bonds. The van der Waals surface area contributed by atoms with Crippen LogP contribution in [0.15, 0.2) is 30.3 Å². The Morgan fingerprint density at radius 3 is 2.40 bits per heavy atom. The average molecular weight is 421 g/mol. The van der Waals surface area contributed by atoms with E-state index in [2.05, 4.69) is 6.92 Å². The molecule has 0 saturated heterocycles. The van der Waals surface area contributed by atoms with Crippen LogP contribution in [0, 0.1) is 24.4 Å². The molecule has 164 valence electrons. The van der Waals surface area contributed by atoms with Crippen molar-refractivity contribution in [2.75, 3.05) is 6.61 Å². The van der Waals surface area contributed by atoms with Gasteiger partial charge in [-0.2, -0.15) is 4.39 Å². The predicted octanol–water partition coefficient (Wildman–Crippen LogP) is 7.22. The van der Waals surface area contributed by atoms with E-state index in [1.54, 1.807) is 25.1 Å². The predicted molar refractivity (Wildman–Crippen MR) is 112 cm³/mol. The summed E-state index contributed by atoms with van der Waals surface area (Å²) in [5.41, 5.74) is 1.85. The van der Waals surface area contributed by atoms with Crippen LogP contribution in [-0.2, 0) is 11.3 Å². The number of benzene rings is 2. The largest absolute Gasteiger partial charge is 0.490 e. The zero-order valence-electron chi connectivity index (χ0n) is 17.9. The molecule has 0 heterocycles. The van der Waals surface area contributed by atoms with Gasteiger partial charge in [0.2, 0.25) is 5.82 Å². The van der Waals surface area contributed by atoms with Crippen LogP contribution < -0.4 is 4.74 Å². The van der Waals surface area contributed by atoms with Gasteiger partial charge in [0, 0.05) is 0 Å². The number of unbranched alkanes of at least 4 members (excludes halogenated alkanes) is 2. The minimum Gasteiger partial charge on any atom is -0.490 e. The van der Waals surface area contributed by atoms with Gasteiger partial charge in [-0.3, -0.25) is 0 Å². The highest BCUT2D eigenvalue weighted by Crippen LogP contribution is 2.37. The Labute approximate surface area is 177 Å². The van der Waals surface area contributed by atoms with Crippen molar-refractivity contribution >= 4 is 0 Å². The molecule has 0 bridgehead atoms. The van der Waals surface area contributed by atoms with E-state index >= 15 is 0 Å². The minimum absolute atomic E-state index is 0.00491. The van der Waals surface area contributed by atoms with E-state index < -0.39 is 11.6 Å². The first-order valence-corrected chi connectivity index (χ1v) is 11.0. The molecule has 2 nitrogen and oxygen atoms in total. The third kappa shape index (κ3) is 5.78. The van der Waals surface area contributed by atoms with E-state index in [0.29, 0.717) is 24.3 Å². The SMILES string of the molecule is CCCCCOc1ccc(C2CCC(OCc3ccc(C)c(F)c3)CC2)c(F)c1F. The van der Waals surface area contributed by atoms with Crippen LogP contribution in [0.4, 0.5) is 13.2 Å². The molecule has 1 fully saturated rings. The molecular weight excluding hydrogens is 389 g/mol. The van der Waals surface area contributed by atoms with Gasteiger partial charge in [-0.15, -0.1) is 0 Å². The van der Waals surface area contributed by atoms with E-state index in [4.69, 9.17) is 9.47 Å². The fourth-order valence-electron chi connectivity index (χ4n) is 3.99. The van der Waals surface area contributed by atoms with Gasteiger partial charge < -0.3 is 9.47 Å². The number of hydrogen-bond acceptors (Lipinski definition) is 2. The van der Waals surface area contributed by atoms with Crippen molar-refractivity contribution in [3.8, 4) is 5.75 Å². The van der Waals surface area contributed by atoms with Crippen LogP contribution in [0.3, 0.4) is 0 Å². The second-order valence-electron chi connectivity index (χ2n) is 8.20. The summed E-state index contributed by atoms with van der Waals surface area (Å²) in [6.07, 6.45) is 5.96. The highest BCUT2D eigenvalue weighted by molar-refractivity contribution is 5.33. The molecule has 0 spiro atoms. The fraction of sp³-hybridized carbons (Fsp3) is 0.520. The molecule has 2 aromatic rings. The molecule has 0 radical (unpaired) electrons. The highest BCUT2D eigenvalue weighted by atomic mass is 19.2. The third-order valence-corrected chi connectivity index (χ3v) is 5.92. The summed E-state index contributed by atoms with van der Waals surface area (Å²) in [5, 5.41) is 0. The maximum atomic E-state index is 14.6. The van der Waals surface area contributed by atoms with Gasteiger partial charge in [0.25, 0.3) is 0 Å². The lowest BCUT2D eigenvalue weighted by atomic mass is 9.82. The van der Waals surface area contributed by atoms with E-state index in [0.717, 1.165) is 50.5 Å². The summed E-state index contributed by atoms with van der Waals surface area (Å²) < 4.78 is 54.0. The zero-order valence-corrected chi connectivity index (χ0v) is 17.9. The number of hydrogen-bond donors (Lipinski definition) is 0. The van der Waals surface area contributed by atoms with Crippen LogP contribution in [0.2, 0.25) is 0 Å². The normalized spacial score (nSPS) is 19.1. The zero-order chi connectivity index (χ0) is 21.5. The van der Waals surface area contributed by atoms with Gasteiger partial charge in [0.1, 0.15) is 5.82 Å². The molecular formula is C25H31F3O2. The van der Waals surface area contributed by atoms with E-state index in [1.807, 2.05) is 6.07 Å². The first kappa shape index (κ1) is 22.7. The molecule has 0 N–H and O–H groups in total. The molecule has 0 aromatic heterocycles. The van der Waals surface area contributed by atoms with Crippen LogP contribution in [0.25, 0.3) is 0 Å². The smallest absolute Gasteiger partial charge is 0.200 e. The van der Waals surface area contributed by atoms with E-state index in [1.165, 1.54) is 6.07 Å². The Balaban J connectivity index is 1.51. The maximum Gasteiger partial charge on any atom is 0.200 e. The Hall–Kier alpha value is -2.01. The van der Waals surface area contributed by atoms with Crippen molar-refractivity contribution in [3.05, 3.63) is 64.5 Å². The molecule has 5 heteroatoms. The summed E-state index contributed by atoms with van der Waals surface area (Å²) in [4.78, 5) is 0. The quantitative estimate of drug-likeness (QED) is 0.399. The molecule has 1 aliphatic carbocycles. The minimum atomic E-state index is -0.885. The maximum absolute atomic E-state index is 14.6. The monoisotopic (exact) mass is 420 g/mol. The first-order chi connectivity index (χ1) is 14.5. The van der Waals surface area contributed by atoms with Crippen LogP contribution in [0.1, 0.15) is 74.5 Å². The van der Waals surface area contributed by atoms with Crippen molar-refractivity contribution in [2.24, 2.45) is 0 Å². The number of ether oxygens (including phenoxy) is 2. The van der Waals surface area contributed by atoms with Crippen molar-refractivity contribution in [1.29, 1.82) is 0 Å². The topological polar surface area (TPSA) is 18.5 Å². The van der Waals surface area contributed by atoms with E-state index in [9.17, 15) is 13.2 Å². The van der Waals surface area contributed by atoms with Gasteiger partial charge >= 0.3 is 0 Å². The Morgan fingerprint density at radius 1 is 0.933 bits per heavy atom. The average Bonchev–Trinajstić information content (AvgIpc) is 2.75. The first-order valence-electron chi connectivity index (χ1n) is 11.0. The van der Waals surface area contributed by atoms with Gasteiger partial charge in [-0.05, 0) is 73.8 Å². The molecule has 1 saturated carbocycles. The van der Waals surface area contributed by atoms with Gasteiger partial charge in [0.05, 0.1) is 19.3 Å². The number of halogens is 3. The fourth-order valence-corrected chi connectivity index (χ4v) is 3.99. The summed E-state index contributed by atoms with van der Waals surface area (Å²) in [6.45, 7) is 4.57. The molecule has 0 unspecified atom stereocenters. The molecule has 3 rings (SSSR count). The Kier molecular flexibility index (Phi) is 8.20. The summed E-state index contributed by atoms with van der Waals surface area (Å²) in [7, 11) is 0. The number of rotatable bonds is 9. The summed E-state index contributed by atoms with van der Waals surface area (Å²) >= 11 is 0. The van der Waals surface area contributed by atoms with Crippen molar-refractivity contribution in [3.63, 3.8) is 0 Å². The molecule has 0 aliphatic heterocycles. The molecule has 30 heavy (non-hydrogen) atoms. The molecule has 2 aromatic carbocycles. The van der Waals surface area contributed by atoms with Gasteiger partial charge in [0.15, 0.2) is 11.6 Å². The van der Waals surface area contributed by atoms with Crippen molar-refractivity contribution in [1.82, 2.24) is 0 Å². The van der Waals surface area contributed by atoms with E-state index in [-0.39, 0.29) is 23.6 Å². The Bertz CT molecular complexity index is 829. The molecule has 1 aliphatic rings. The standard InChI is InChI=1S/C25H31F3O2/c1-3-4-5-14-29-23-13-12-21(24(27)25(23)28)19-8-10-20(11-9-19)30-16-18-7-6-17(2)22(26)15-18/h6-7,12-13,15,19-20H,3-5,8-11,14,16H2,1-2H3. The second kappa shape index (κ2) is 10.9. The van der Waals surface area contributed by atoms with Crippen molar-refractivity contribution in [2.45, 2.75) is 77.4 Å². The highest BCUT2D eigenvalue weighted by Gasteiger charge is 2.27. The lowest BCUT2D eigenvalue weighted by molar-refractivity contribution is 0.0130.